The summed E-state index contributed by atoms with van der Waals surface area (Å²) in [5.74, 6) is 0. The molecule has 0 aliphatic carbocycles. The molecule has 4 nitrogen and oxygen atoms in total. The summed E-state index contributed by atoms with van der Waals surface area (Å²) >= 11 is 6.19. The van der Waals surface area contributed by atoms with Gasteiger partial charge < -0.3 is 19.5 Å². The van der Waals surface area contributed by atoms with Crippen LogP contribution in [0.2, 0.25) is 5.02 Å². The Kier molecular flexibility index (Phi) is 4.68. The quantitative estimate of drug-likeness (QED) is 0.921. The highest BCUT2D eigenvalue weighted by Gasteiger charge is 2.33. The lowest BCUT2D eigenvalue weighted by atomic mass is 10.1. The summed E-state index contributed by atoms with van der Waals surface area (Å²) in [6, 6.07) is 5.72. The van der Waals surface area contributed by atoms with E-state index in [1.807, 2.05) is 18.2 Å². The van der Waals surface area contributed by atoms with Gasteiger partial charge in [0, 0.05) is 38.0 Å². The second-order valence-electron chi connectivity index (χ2n) is 4.84. The second-order valence-corrected chi connectivity index (χ2v) is 5.24. The SMILES string of the molecule is COC1CN(c2ccc(C(C)O)c(Cl)c2)CC1OC. The number of rotatable bonds is 4. The molecule has 3 atom stereocenters. The van der Waals surface area contributed by atoms with Gasteiger partial charge in [-0.2, -0.15) is 0 Å². The molecule has 0 saturated carbocycles. The van der Waals surface area contributed by atoms with Crippen molar-refractivity contribution in [1.29, 1.82) is 0 Å². The lowest BCUT2D eigenvalue weighted by molar-refractivity contribution is -0.00461. The molecule has 1 N–H and O–H groups in total. The van der Waals surface area contributed by atoms with E-state index in [4.69, 9.17) is 21.1 Å². The molecule has 1 aliphatic rings. The van der Waals surface area contributed by atoms with Gasteiger partial charge >= 0.3 is 0 Å². The van der Waals surface area contributed by atoms with Crippen LogP contribution in [0, 0.1) is 0 Å². The minimum Gasteiger partial charge on any atom is -0.389 e. The molecule has 1 aromatic carbocycles. The minimum atomic E-state index is -0.557. The van der Waals surface area contributed by atoms with E-state index in [0.29, 0.717) is 5.02 Å². The predicted molar refractivity (Wildman–Crippen MR) is 75.9 cm³/mol. The third kappa shape index (κ3) is 3.03. The van der Waals surface area contributed by atoms with Gasteiger partial charge in [-0.15, -0.1) is 0 Å². The van der Waals surface area contributed by atoms with Gasteiger partial charge in [-0.05, 0) is 24.6 Å². The topological polar surface area (TPSA) is 41.9 Å². The number of aliphatic hydroxyl groups is 1. The van der Waals surface area contributed by atoms with Gasteiger partial charge in [0.25, 0.3) is 0 Å². The van der Waals surface area contributed by atoms with E-state index in [-0.39, 0.29) is 12.2 Å². The number of nitrogens with zero attached hydrogens (tertiary/aromatic N) is 1. The van der Waals surface area contributed by atoms with Crippen LogP contribution < -0.4 is 4.90 Å². The molecule has 1 aromatic rings. The first-order chi connectivity index (χ1) is 9.06. The third-order valence-corrected chi connectivity index (χ3v) is 3.95. The van der Waals surface area contributed by atoms with Gasteiger partial charge in [0.1, 0.15) is 12.2 Å². The van der Waals surface area contributed by atoms with Crippen molar-refractivity contribution in [3.8, 4) is 0 Å². The van der Waals surface area contributed by atoms with Crippen molar-refractivity contribution in [1.82, 2.24) is 0 Å². The normalized spacial score (nSPS) is 24.8. The zero-order valence-electron chi connectivity index (χ0n) is 11.5. The monoisotopic (exact) mass is 285 g/mol. The lowest BCUT2D eigenvalue weighted by Crippen LogP contribution is -2.27. The van der Waals surface area contributed by atoms with E-state index in [9.17, 15) is 5.11 Å². The van der Waals surface area contributed by atoms with Crippen LogP contribution in [0.15, 0.2) is 18.2 Å². The van der Waals surface area contributed by atoms with Crippen molar-refractivity contribution in [3.63, 3.8) is 0 Å². The average Bonchev–Trinajstić information content (AvgIpc) is 2.81. The lowest BCUT2D eigenvalue weighted by Gasteiger charge is -2.19. The van der Waals surface area contributed by atoms with Crippen molar-refractivity contribution < 1.29 is 14.6 Å². The van der Waals surface area contributed by atoms with E-state index in [0.717, 1.165) is 24.3 Å². The number of hydrogen-bond donors (Lipinski definition) is 1. The molecule has 1 saturated heterocycles. The molecule has 106 valence electrons. The maximum atomic E-state index is 9.58. The molecule has 2 rings (SSSR count). The van der Waals surface area contributed by atoms with Crippen molar-refractivity contribution in [2.24, 2.45) is 0 Å². The van der Waals surface area contributed by atoms with Crippen molar-refractivity contribution >= 4 is 17.3 Å². The Hall–Kier alpha value is -0.810. The third-order valence-electron chi connectivity index (χ3n) is 3.62. The molecule has 1 heterocycles. The van der Waals surface area contributed by atoms with Crippen molar-refractivity contribution in [2.45, 2.75) is 25.2 Å². The fraction of sp³-hybridized carbons (Fsp3) is 0.571. The van der Waals surface area contributed by atoms with E-state index in [2.05, 4.69) is 4.90 Å². The Labute approximate surface area is 118 Å². The molecule has 0 aromatic heterocycles. The van der Waals surface area contributed by atoms with Crippen LogP contribution in [0.25, 0.3) is 0 Å². The average molecular weight is 286 g/mol. The molecule has 0 radical (unpaired) electrons. The first-order valence-corrected chi connectivity index (χ1v) is 6.72. The molecule has 5 heteroatoms. The van der Waals surface area contributed by atoms with Crippen LogP contribution in [0.3, 0.4) is 0 Å². The van der Waals surface area contributed by atoms with E-state index < -0.39 is 6.10 Å². The summed E-state index contributed by atoms with van der Waals surface area (Å²) in [6.45, 7) is 3.26. The molecule has 0 spiro atoms. The van der Waals surface area contributed by atoms with Crippen LogP contribution in [0.5, 0.6) is 0 Å². The van der Waals surface area contributed by atoms with Crippen LogP contribution in [0.1, 0.15) is 18.6 Å². The summed E-state index contributed by atoms with van der Waals surface area (Å²) in [5.41, 5.74) is 1.77. The van der Waals surface area contributed by atoms with Crippen molar-refractivity contribution in [3.05, 3.63) is 28.8 Å². The Morgan fingerprint density at radius 1 is 1.26 bits per heavy atom. The highest BCUT2D eigenvalue weighted by Crippen LogP contribution is 2.30. The molecule has 0 amide bonds. The number of ether oxygens (including phenoxy) is 2. The summed E-state index contributed by atoms with van der Waals surface area (Å²) in [5, 5.41) is 10.2. The zero-order chi connectivity index (χ0) is 14.0. The van der Waals surface area contributed by atoms with Crippen LogP contribution in [-0.2, 0) is 9.47 Å². The van der Waals surface area contributed by atoms with Gasteiger partial charge in [-0.1, -0.05) is 17.7 Å². The summed E-state index contributed by atoms with van der Waals surface area (Å²) < 4.78 is 10.8. The van der Waals surface area contributed by atoms with Gasteiger partial charge in [0.15, 0.2) is 0 Å². The number of hydrogen-bond acceptors (Lipinski definition) is 4. The largest absolute Gasteiger partial charge is 0.389 e. The zero-order valence-corrected chi connectivity index (χ0v) is 12.2. The molecular formula is C14H20ClNO3. The Morgan fingerprint density at radius 2 is 1.84 bits per heavy atom. The smallest absolute Gasteiger partial charge is 0.102 e. The molecule has 0 bridgehead atoms. The Bertz CT molecular complexity index is 427. The van der Waals surface area contributed by atoms with Gasteiger partial charge in [-0.25, -0.2) is 0 Å². The summed E-state index contributed by atoms with van der Waals surface area (Å²) in [6.07, 6.45) is -0.418. The molecular weight excluding hydrogens is 266 g/mol. The number of benzene rings is 1. The fourth-order valence-electron chi connectivity index (χ4n) is 2.46. The fourth-order valence-corrected chi connectivity index (χ4v) is 2.79. The second kappa shape index (κ2) is 6.09. The van der Waals surface area contributed by atoms with Crippen LogP contribution in [-0.4, -0.2) is 44.6 Å². The van der Waals surface area contributed by atoms with Gasteiger partial charge in [-0.3, -0.25) is 0 Å². The first kappa shape index (κ1) is 14.6. The number of methoxy groups -OCH3 is 2. The summed E-state index contributed by atoms with van der Waals surface area (Å²) in [7, 11) is 3.40. The first-order valence-electron chi connectivity index (χ1n) is 6.35. The van der Waals surface area contributed by atoms with E-state index >= 15 is 0 Å². The number of anilines is 1. The van der Waals surface area contributed by atoms with E-state index in [1.54, 1.807) is 21.1 Å². The molecule has 1 aliphatic heterocycles. The van der Waals surface area contributed by atoms with Crippen molar-refractivity contribution in [2.75, 3.05) is 32.2 Å². The number of aliphatic hydroxyl groups excluding tert-OH is 1. The highest BCUT2D eigenvalue weighted by molar-refractivity contribution is 6.31. The predicted octanol–water partition coefficient (Wildman–Crippen LogP) is 2.24. The Morgan fingerprint density at radius 3 is 2.26 bits per heavy atom. The maximum absolute atomic E-state index is 9.58. The molecule has 1 fully saturated rings. The Balaban J connectivity index is 2.17. The van der Waals surface area contributed by atoms with Gasteiger partial charge in [0.05, 0.1) is 6.10 Å². The van der Waals surface area contributed by atoms with Crippen LogP contribution >= 0.6 is 11.6 Å². The standard InChI is InChI=1S/C14H20ClNO3/c1-9(17)11-5-4-10(6-12(11)15)16-7-13(18-2)14(8-16)19-3/h4-6,9,13-14,17H,7-8H2,1-3H3. The molecule has 19 heavy (non-hydrogen) atoms. The summed E-state index contributed by atoms with van der Waals surface area (Å²) in [4.78, 5) is 2.18. The number of halogens is 1. The molecule has 3 unspecified atom stereocenters. The maximum Gasteiger partial charge on any atom is 0.102 e. The van der Waals surface area contributed by atoms with Gasteiger partial charge in [0.2, 0.25) is 0 Å². The minimum absolute atomic E-state index is 0.0696. The van der Waals surface area contributed by atoms with E-state index in [1.165, 1.54) is 0 Å². The highest BCUT2D eigenvalue weighted by atomic mass is 35.5. The van der Waals surface area contributed by atoms with Crippen LogP contribution in [0.4, 0.5) is 5.69 Å².